The highest BCUT2D eigenvalue weighted by Crippen LogP contribution is 2.30. The largest absolute Gasteiger partial charge is 0.506 e. The summed E-state index contributed by atoms with van der Waals surface area (Å²) in [6, 6.07) is 7.78. The van der Waals surface area contributed by atoms with Crippen molar-refractivity contribution in [2.24, 2.45) is 0 Å². The van der Waals surface area contributed by atoms with E-state index in [4.69, 9.17) is 4.74 Å². The summed E-state index contributed by atoms with van der Waals surface area (Å²) in [4.78, 5) is 4.42. The van der Waals surface area contributed by atoms with Crippen LogP contribution in [-0.4, -0.2) is 16.2 Å². The number of nitrogens with one attached hydrogen (secondary N) is 1. The lowest BCUT2D eigenvalue weighted by atomic mass is 10.1. The predicted molar refractivity (Wildman–Crippen MR) is 85.6 cm³/mol. The molecule has 0 aliphatic rings. The van der Waals surface area contributed by atoms with E-state index in [1.165, 1.54) is 0 Å². The average molecular weight is 286 g/mol. The van der Waals surface area contributed by atoms with Crippen molar-refractivity contribution in [3.8, 4) is 11.5 Å². The van der Waals surface area contributed by atoms with Crippen molar-refractivity contribution >= 4 is 11.5 Å². The van der Waals surface area contributed by atoms with Crippen LogP contribution in [0.3, 0.4) is 0 Å². The third kappa shape index (κ3) is 3.45. The first-order valence-electron chi connectivity index (χ1n) is 7.09. The molecule has 1 aromatic heterocycles. The summed E-state index contributed by atoms with van der Waals surface area (Å²) in [7, 11) is 0. The molecule has 0 unspecified atom stereocenters. The Bertz CT molecular complexity index is 651. The zero-order valence-corrected chi connectivity index (χ0v) is 13.2. The number of aryl methyl sites for hydroxylation is 1. The van der Waals surface area contributed by atoms with Gasteiger partial charge in [0.1, 0.15) is 17.3 Å². The number of pyridine rings is 1. The van der Waals surface area contributed by atoms with Crippen LogP contribution in [-0.2, 0) is 0 Å². The summed E-state index contributed by atoms with van der Waals surface area (Å²) in [6.45, 7) is 9.63. The minimum Gasteiger partial charge on any atom is -0.506 e. The number of anilines is 2. The molecule has 0 atom stereocenters. The van der Waals surface area contributed by atoms with E-state index in [0.717, 1.165) is 28.4 Å². The van der Waals surface area contributed by atoms with Gasteiger partial charge in [-0.1, -0.05) is 6.07 Å². The predicted octanol–water partition coefficient (Wildman–Crippen LogP) is 4.24. The summed E-state index contributed by atoms with van der Waals surface area (Å²) in [5, 5.41) is 13.2. The molecule has 112 valence electrons. The van der Waals surface area contributed by atoms with Crippen molar-refractivity contribution in [3.05, 3.63) is 41.1 Å². The van der Waals surface area contributed by atoms with Gasteiger partial charge in [-0.2, -0.15) is 0 Å². The maximum Gasteiger partial charge on any atom is 0.140 e. The summed E-state index contributed by atoms with van der Waals surface area (Å²) in [6.07, 6.45) is 0.137. The van der Waals surface area contributed by atoms with Gasteiger partial charge in [0, 0.05) is 11.8 Å². The zero-order chi connectivity index (χ0) is 15.6. The number of rotatable bonds is 4. The number of aromatic hydroxyl groups is 1. The Balaban J connectivity index is 2.30. The van der Waals surface area contributed by atoms with Gasteiger partial charge < -0.3 is 15.2 Å². The lowest BCUT2D eigenvalue weighted by Gasteiger charge is -2.15. The first-order valence-corrected chi connectivity index (χ1v) is 7.09. The molecular formula is C17H22N2O2. The minimum atomic E-state index is 0.137. The third-order valence-corrected chi connectivity index (χ3v) is 3.36. The molecule has 0 spiro atoms. The Hall–Kier alpha value is -2.23. The molecule has 0 aliphatic carbocycles. The SMILES string of the molecule is Cc1nc(Nc2cccc(OC(C)C)c2)c(C)c(C)c1O. The van der Waals surface area contributed by atoms with E-state index in [9.17, 15) is 5.11 Å². The van der Waals surface area contributed by atoms with Crippen molar-refractivity contribution in [1.82, 2.24) is 4.98 Å². The van der Waals surface area contributed by atoms with Gasteiger partial charge in [0.05, 0.1) is 11.8 Å². The van der Waals surface area contributed by atoms with Gasteiger partial charge in [-0.25, -0.2) is 4.98 Å². The second kappa shape index (κ2) is 6.04. The van der Waals surface area contributed by atoms with Crippen LogP contribution in [0.15, 0.2) is 24.3 Å². The minimum absolute atomic E-state index is 0.137. The summed E-state index contributed by atoms with van der Waals surface area (Å²) >= 11 is 0. The van der Waals surface area contributed by atoms with Gasteiger partial charge in [-0.05, 0) is 57.9 Å². The molecule has 2 aromatic rings. The fraction of sp³-hybridized carbons (Fsp3) is 0.353. The highest BCUT2D eigenvalue weighted by atomic mass is 16.5. The van der Waals surface area contributed by atoms with Crippen molar-refractivity contribution in [3.63, 3.8) is 0 Å². The molecular weight excluding hydrogens is 264 g/mol. The summed E-state index contributed by atoms with van der Waals surface area (Å²) < 4.78 is 5.69. The number of hydrogen-bond donors (Lipinski definition) is 2. The summed E-state index contributed by atoms with van der Waals surface area (Å²) in [5.41, 5.74) is 3.32. The quantitative estimate of drug-likeness (QED) is 0.882. The van der Waals surface area contributed by atoms with Crippen LogP contribution in [0, 0.1) is 20.8 Å². The van der Waals surface area contributed by atoms with E-state index in [2.05, 4.69) is 10.3 Å². The number of ether oxygens (including phenoxy) is 1. The lowest BCUT2D eigenvalue weighted by molar-refractivity contribution is 0.242. The van der Waals surface area contributed by atoms with Crippen molar-refractivity contribution in [1.29, 1.82) is 0 Å². The molecule has 0 amide bonds. The fourth-order valence-electron chi connectivity index (χ4n) is 2.11. The van der Waals surface area contributed by atoms with E-state index < -0.39 is 0 Å². The van der Waals surface area contributed by atoms with Crippen LogP contribution in [0.2, 0.25) is 0 Å². The number of hydrogen-bond acceptors (Lipinski definition) is 4. The molecule has 0 aliphatic heterocycles. The van der Waals surface area contributed by atoms with Gasteiger partial charge in [-0.15, -0.1) is 0 Å². The smallest absolute Gasteiger partial charge is 0.140 e. The number of aromatic nitrogens is 1. The molecule has 0 fully saturated rings. The van der Waals surface area contributed by atoms with Crippen LogP contribution in [0.1, 0.15) is 30.7 Å². The molecule has 1 aromatic carbocycles. The second-order valence-corrected chi connectivity index (χ2v) is 5.46. The van der Waals surface area contributed by atoms with Gasteiger partial charge in [0.15, 0.2) is 0 Å². The molecule has 4 nitrogen and oxygen atoms in total. The highest BCUT2D eigenvalue weighted by molar-refractivity contribution is 5.64. The van der Waals surface area contributed by atoms with Gasteiger partial charge in [0.25, 0.3) is 0 Å². The maximum absolute atomic E-state index is 9.91. The monoisotopic (exact) mass is 286 g/mol. The Kier molecular flexibility index (Phi) is 4.36. The van der Waals surface area contributed by atoms with Crippen LogP contribution < -0.4 is 10.1 Å². The van der Waals surface area contributed by atoms with Gasteiger partial charge in [-0.3, -0.25) is 0 Å². The molecule has 2 rings (SSSR count). The Labute approximate surface area is 125 Å². The van der Waals surface area contributed by atoms with Gasteiger partial charge >= 0.3 is 0 Å². The molecule has 2 N–H and O–H groups in total. The fourth-order valence-corrected chi connectivity index (χ4v) is 2.11. The normalized spacial score (nSPS) is 10.8. The molecule has 0 saturated heterocycles. The van der Waals surface area contributed by atoms with Crippen molar-refractivity contribution < 1.29 is 9.84 Å². The van der Waals surface area contributed by atoms with Crippen LogP contribution >= 0.6 is 0 Å². The topological polar surface area (TPSA) is 54.4 Å². The van der Waals surface area contributed by atoms with Crippen LogP contribution in [0.4, 0.5) is 11.5 Å². The highest BCUT2D eigenvalue weighted by Gasteiger charge is 2.11. The van der Waals surface area contributed by atoms with Crippen molar-refractivity contribution in [2.75, 3.05) is 5.32 Å². The van der Waals surface area contributed by atoms with Gasteiger partial charge in [0.2, 0.25) is 0 Å². The molecule has 0 radical (unpaired) electrons. The van der Waals surface area contributed by atoms with E-state index in [0.29, 0.717) is 5.69 Å². The van der Waals surface area contributed by atoms with E-state index in [-0.39, 0.29) is 11.9 Å². The first-order chi connectivity index (χ1) is 9.88. The van der Waals surface area contributed by atoms with Crippen LogP contribution in [0.5, 0.6) is 11.5 Å². The van der Waals surface area contributed by atoms with E-state index >= 15 is 0 Å². The van der Waals surface area contributed by atoms with Crippen molar-refractivity contribution in [2.45, 2.75) is 40.7 Å². The summed E-state index contributed by atoms with van der Waals surface area (Å²) in [5.74, 6) is 1.83. The standard InChI is InChI=1S/C17H22N2O2/c1-10(2)21-15-8-6-7-14(9-15)19-17-12(4)11(3)16(20)13(5)18-17/h6-10,20H,1-5H3,(H,18,19). The lowest BCUT2D eigenvalue weighted by Crippen LogP contribution is -2.06. The molecule has 21 heavy (non-hydrogen) atoms. The zero-order valence-electron chi connectivity index (χ0n) is 13.2. The Morgan fingerprint density at radius 1 is 1.14 bits per heavy atom. The number of benzene rings is 1. The number of nitrogens with zero attached hydrogens (tertiary/aromatic N) is 1. The first kappa shape index (κ1) is 15.2. The Morgan fingerprint density at radius 2 is 1.86 bits per heavy atom. The second-order valence-electron chi connectivity index (χ2n) is 5.46. The third-order valence-electron chi connectivity index (χ3n) is 3.36. The molecule has 4 heteroatoms. The maximum atomic E-state index is 9.91. The molecule has 0 saturated carbocycles. The Morgan fingerprint density at radius 3 is 2.52 bits per heavy atom. The van der Waals surface area contributed by atoms with E-state index in [1.807, 2.05) is 52.0 Å². The van der Waals surface area contributed by atoms with E-state index in [1.54, 1.807) is 6.92 Å². The molecule has 1 heterocycles. The molecule has 0 bridgehead atoms. The average Bonchev–Trinajstić information content (AvgIpc) is 2.42. The van der Waals surface area contributed by atoms with Crippen LogP contribution in [0.25, 0.3) is 0 Å².